The van der Waals surface area contributed by atoms with E-state index in [0.717, 1.165) is 0 Å². The number of hydrogen-bond donors (Lipinski definition) is 1. The highest BCUT2D eigenvalue weighted by Crippen LogP contribution is 2.22. The molecule has 2 amide bonds. The van der Waals surface area contributed by atoms with E-state index in [9.17, 15) is 19.2 Å². The molecule has 152 valence electrons. The molecule has 0 bridgehead atoms. The number of anilines is 1. The third-order valence-electron chi connectivity index (χ3n) is 4.67. The first-order valence-corrected chi connectivity index (χ1v) is 9.26. The van der Waals surface area contributed by atoms with Gasteiger partial charge in [-0.2, -0.15) is 0 Å². The molecule has 0 saturated carbocycles. The van der Waals surface area contributed by atoms with Gasteiger partial charge in [-0.15, -0.1) is 0 Å². The fraction of sp³-hybridized carbons (Fsp3) is 0.333. The zero-order valence-corrected chi connectivity index (χ0v) is 16.2. The number of carbonyl (C=O) groups excluding carboxylic acids is 4. The van der Waals surface area contributed by atoms with Gasteiger partial charge in [-0.05, 0) is 38.1 Å². The zero-order chi connectivity index (χ0) is 21.0. The van der Waals surface area contributed by atoms with Gasteiger partial charge in [-0.3, -0.25) is 19.2 Å². The summed E-state index contributed by atoms with van der Waals surface area (Å²) in [5, 5.41) is 2.62. The first-order valence-electron chi connectivity index (χ1n) is 9.26. The fourth-order valence-electron chi connectivity index (χ4n) is 3.06. The van der Waals surface area contributed by atoms with E-state index in [1.54, 1.807) is 36.4 Å². The molecule has 1 N–H and O–H groups in total. The number of likely N-dealkylation sites (tertiary alicyclic amines) is 1. The number of rotatable bonds is 7. The van der Waals surface area contributed by atoms with Crippen molar-refractivity contribution in [3.63, 3.8) is 0 Å². The largest absolute Gasteiger partial charge is 0.467 e. The minimum absolute atomic E-state index is 0.0362. The van der Waals surface area contributed by atoms with Crippen LogP contribution in [0.25, 0.3) is 0 Å². The van der Waals surface area contributed by atoms with Gasteiger partial charge in [0, 0.05) is 24.2 Å². The number of benzene rings is 1. The SMILES string of the molecule is CC(=O)c1cccc(NC(=O)[C@H](C)OC(=O)[C@@H]2CC(=O)N(Cc3ccco3)C2)c1. The number of ether oxygens (including phenoxy) is 1. The summed E-state index contributed by atoms with van der Waals surface area (Å²) in [5.41, 5.74) is 0.903. The van der Waals surface area contributed by atoms with Gasteiger partial charge >= 0.3 is 5.97 Å². The standard InChI is InChI=1S/C21H22N2O6/c1-13(24)15-5-3-6-17(9-15)22-20(26)14(2)29-21(27)16-10-19(25)23(11-16)12-18-7-4-8-28-18/h3-9,14,16H,10-12H2,1-2H3,(H,22,26)/t14-,16+/m0/s1. The van der Waals surface area contributed by atoms with Gasteiger partial charge in [0.25, 0.3) is 5.91 Å². The van der Waals surface area contributed by atoms with Crippen LogP contribution in [0.3, 0.4) is 0 Å². The molecule has 3 rings (SSSR count). The molecule has 1 aliphatic heterocycles. The molecule has 8 nitrogen and oxygen atoms in total. The molecule has 2 heterocycles. The van der Waals surface area contributed by atoms with Crippen molar-refractivity contribution >= 4 is 29.3 Å². The fourth-order valence-corrected chi connectivity index (χ4v) is 3.06. The smallest absolute Gasteiger partial charge is 0.312 e. The molecule has 1 aromatic heterocycles. The highest BCUT2D eigenvalue weighted by atomic mass is 16.5. The second-order valence-corrected chi connectivity index (χ2v) is 6.96. The maximum Gasteiger partial charge on any atom is 0.312 e. The number of Topliss-reactive ketones (excluding diaryl/α,β-unsaturated/α-hetero) is 1. The van der Waals surface area contributed by atoms with Crippen molar-refractivity contribution in [1.82, 2.24) is 4.90 Å². The summed E-state index contributed by atoms with van der Waals surface area (Å²) in [4.78, 5) is 49.8. The average Bonchev–Trinajstić information content (AvgIpc) is 3.32. The molecule has 8 heteroatoms. The Morgan fingerprint density at radius 2 is 2.07 bits per heavy atom. The normalized spacial score (nSPS) is 17.1. The van der Waals surface area contributed by atoms with Gasteiger partial charge in [-0.25, -0.2) is 0 Å². The van der Waals surface area contributed by atoms with E-state index in [1.807, 2.05) is 0 Å². The van der Waals surface area contributed by atoms with Gasteiger partial charge in [0.1, 0.15) is 5.76 Å². The maximum absolute atomic E-state index is 12.4. The summed E-state index contributed by atoms with van der Waals surface area (Å²) in [5.74, 6) is -1.40. The molecule has 0 spiro atoms. The monoisotopic (exact) mass is 398 g/mol. The number of esters is 1. The molecule has 0 unspecified atom stereocenters. The van der Waals surface area contributed by atoms with Gasteiger partial charge in [0.15, 0.2) is 11.9 Å². The Balaban J connectivity index is 1.53. The molecular formula is C21H22N2O6. The third-order valence-corrected chi connectivity index (χ3v) is 4.67. The number of furan rings is 1. The van der Waals surface area contributed by atoms with Crippen LogP contribution in [0.2, 0.25) is 0 Å². The minimum atomic E-state index is -1.04. The van der Waals surface area contributed by atoms with Crippen LogP contribution < -0.4 is 5.32 Å². The van der Waals surface area contributed by atoms with Crippen molar-refractivity contribution in [1.29, 1.82) is 0 Å². The van der Waals surface area contributed by atoms with Gasteiger partial charge in [0.05, 0.1) is 18.7 Å². The van der Waals surface area contributed by atoms with E-state index in [1.165, 1.54) is 25.0 Å². The second kappa shape index (κ2) is 8.72. The van der Waals surface area contributed by atoms with E-state index in [-0.39, 0.29) is 31.2 Å². The van der Waals surface area contributed by atoms with Crippen LogP contribution in [0.4, 0.5) is 5.69 Å². The zero-order valence-electron chi connectivity index (χ0n) is 16.2. The molecule has 0 radical (unpaired) electrons. The van der Waals surface area contributed by atoms with Gasteiger partial charge in [0.2, 0.25) is 5.91 Å². The summed E-state index contributed by atoms with van der Waals surface area (Å²) in [6.07, 6.45) is 0.514. The van der Waals surface area contributed by atoms with Crippen molar-refractivity contribution in [3.8, 4) is 0 Å². The lowest BCUT2D eigenvalue weighted by Crippen LogP contribution is -2.33. The summed E-state index contributed by atoms with van der Waals surface area (Å²) in [7, 11) is 0. The molecule has 1 fully saturated rings. The Morgan fingerprint density at radius 3 is 2.76 bits per heavy atom. The Morgan fingerprint density at radius 1 is 1.28 bits per heavy atom. The molecule has 2 aromatic rings. The van der Waals surface area contributed by atoms with Gasteiger partial charge in [-0.1, -0.05) is 12.1 Å². The topological polar surface area (TPSA) is 106 Å². The number of hydrogen-bond acceptors (Lipinski definition) is 6. The quantitative estimate of drug-likeness (QED) is 0.567. The van der Waals surface area contributed by atoms with Crippen molar-refractivity contribution < 1.29 is 28.3 Å². The molecular weight excluding hydrogens is 376 g/mol. The predicted molar refractivity (Wildman–Crippen MR) is 103 cm³/mol. The Labute approximate surface area is 167 Å². The van der Waals surface area contributed by atoms with Gasteiger partial charge < -0.3 is 19.4 Å². The number of amides is 2. The van der Waals surface area contributed by atoms with E-state index in [4.69, 9.17) is 9.15 Å². The summed E-state index contributed by atoms with van der Waals surface area (Å²) in [6.45, 7) is 3.40. The third kappa shape index (κ3) is 5.10. The number of nitrogens with zero attached hydrogens (tertiary/aromatic N) is 1. The summed E-state index contributed by atoms with van der Waals surface area (Å²) >= 11 is 0. The van der Waals surface area contributed by atoms with Crippen LogP contribution >= 0.6 is 0 Å². The highest BCUT2D eigenvalue weighted by Gasteiger charge is 2.36. The molecule has 0 aliphatic carbocycles. The molecule has 1 aromatic carbocycles. The van der Waals surface area contributed by atoms with Crippen molar-refractivity contribution in [2.24, 2.45) is 5.92 Å². The second-order valence-electron chi connectivity index (χ2n) is 6.96. The van der Waals surface area contributed by atoms with Crippen LogP contribution in [-0.4, -0.2) is 41.1 Å². The molecule has 1 saturated heterocycles. The van der Waals surface area contributed by atoms with Crippen LogP contribution in [-0.2, 0) is 25.7 Å². The van der Waals surface area contributed by atoms with Crippen LogP contribution in [0.1, 0.15) is 36.4 Å². The van der Waals surface area contributed by atoms with E-state index < -0.39 is 23.9 Å². The van der Waals surface area contributed by atoms with E-state index >= 15 is 0 Å². The lowest BCUT2D eigenvalue weighted by Gasteiger charge is -2.17. The van der Waals surface area contributed by atoms with Crippen LogP contribution in [0.15, 0.2) is 47.1 Å². The first kappa shape index (κ1) is 20.3. The highest BCUT2D eigenvalue weighted by molar-refractivity contribution is 5.98. The Hall–Kier alpha value is -3.42. The van der Waals surface area contributed by atoms with Crippen LogP contribution in [0.5, 0.6) is 0 Å². The van der Waals surface area contributed by atoms with Crippen LogP contribution in [0, 0.1) is 5.92 Å². The van der Waals surface area contributed by atoms with E-state index in [0.29, 0.717) is 17.0 Å². The lowest BCUT2D eigenvalue weighted by atomic mass is 10.1. The predicted octanol–water partition coefficient (Wildman–Crippen LogP) is 2.40. The number of carbonyl (C=O) groups is 4. The Kier molecular flexibility index (Phi) is 6.11. The van der Waals surface area contributed by atoms with Crippen molar-refractivity contribution in [2.45, 2.75) is 32.9 Å². The Bertz CT molecular complexity index is 921. The minimum Gasteiger partial charge on any atom is -0.467 e. The number of nitrogens with one attached hydrogen (secondary N) is 1. The van der Waals surface area contributed by atoms with Crippen molar-refractivity contribution in [3.05, 3.63) is 54.0 Å². The molecule has 1 aliphatic rings. The lowest BCUT2D eigenvalue weighted by molar-refractivity contribution is -0.157. The first-order chi connectivity index (χ1) is 13.8. The molecule has 2 atom stereocenters. The van der Waals surface area contributed by atoms with Crippen molar-refractivity contribution in [2.75, 3.05) is 11.9 Å². The van der Waals surface area contributed by atoms with E-state index in [2.05, 4.69) is 5.32 Å². The average molecular weight is 398 g/mol. The molecule has 29 heavy (non-hydrogen) atoms. The summed E-state index contributed by atoms with van der Waals surface area (Å²) in [6, 6.07) is 9.98. The summed E-state index contributed by atoms with van der Waals surface area (Å²) < 4.78 is 10.5. The maximum atomic E-state index is 12.4. The number of ketones is 1.